The zero-order valence-electron chi connectivity index (χ0n) is 21.4. The van der Waals surface area contributed by atoms with Gasteiger partial charge in [0.1, 0.15) is 17.1 Å². The Morgan fingerprint density at radius 2 is 1.69 bits per heavy atom. The van der Waals surface area contributed by atoms with E-state index in [1.165, 1.54) is 7.11 Å². The fourth-order valence-electron chi connectivity index (χ4n) is 4.41. The monoisotopic (exact) mass is 566 g/mol. The molecule has 210 valence electrons. The molecule has 2 amide bonds. The lowest BCUT2D eigenvalue weighted by Gasteiger charge is -2.37. The summed E-state index contributed by atoms with van der Waals surface area (Å²) in [5.41, 5.74) is 0.303. The predicted octanol–water partition coefficient (Wildman–Crippen LogP) is 4.21. The maximum Gasteiger partial charge on any atom is 0.389 e. The number of nitrogens with one attached hydrogen (secondary N) is 2. The van der Waals surface area contributed by atoms with Gasteiger partial charge < -0.3 is 14.8 Å². The topological polar surface area (TPSA) is 111 Å². The fraction of sp³-hybridized carbons (Fsp3) is 0.407. The van der Waals surface area contributed by atoms with Gasteiger partial charge in [-0.05, 0) is 67.2 Å². The van der Waals surface area contributed by atoms with Gasteiger partial charge in [0.2, 0.25) is 10.0 Å². The molecule has 0 spiro atoms. The molecule has 39 heavy (non-hydrogen) atoms. The summed E-state index contributed by atoms with van der Waals surface area (Å²) in [5, 5.41) is 2.20. The van der Waals surface area contributed by atoms with Gasteiger partial charge in [-0.25, -0.2) is 13.1 Å². The van der Waals surface area contributed by atoms with Crippen molar-refractivity contribution in [3.63, 3.8) is 0 Å². The van der Waals surface area contributed by atoms with Crippen LogP contribution in [0.5, 0.6) is 11.5 Å². The number of methoxy groups -OCH3 is 1. The van der Waals surface area contributed by atoms with Crippen molar-refractivity contribution in [1.82, 2.24) is 10.0 Å². The van der Waals surface area contributed by atoms with Gasteiger partial charge in [-0.15, -0.1) is 0 Å². The molecule has 2 aromatic carbocycles. The van der Waals surface area contributed by atoms with Crippen LogP contribution in [0.15, 0.2) is 54.1 Å². The van der Waals surface area contributed by atoms with Crippen LogP contribution in [0.1, 0.15) is 50.2 Å². The molecule has 0 radical (unpaired) electrons. The van der Waals surface area contributed by atoms with Crippen LogP contribution in [0.4, 0.5) is 13.2 Å². The molecule has 12 heteroatoms. The van der Waals surface area contributed by atoms with E-state index in [0.29, 0.717) is 41.0 Å². The maximum atomic E-state index is 13.4. The van der Waals surface area contributed by atoms with Crippen molar-refractivity contribution < 1.29 is 40.7 Å². The minimum atomic E-state index is -4.24. The second-order valence-electron chi connectivity index (χ2n) is 9.81. The van der Waals surface area contributed by atoms with Gasteiger partial charge in [0.25, 0.3) is 11.8 Å². The summed E-state index contributed by atoms with van der Waals surface area (Å²) in [7, 11) is -2.38. The van der Waals surface area contributed by atoms with E-state index in [2.05, 4.69) is 10.0 Å². The number of ether oxygens (including phenoxy) is 2. The van der Waals surface area contributed by atoms with Crippen LogP contribution in [0.2, 0.25) is 0 Å². The largest absolute Gasteiger partial charge is 0.497 e. The van der Waals surface area contributed by atoms with E-state index >= 15 is 0 Å². The van der Waals surface area contributed by atoms with Crippen molar-refractivity contribution in [2.24, 2.45) is 0 Å². The van der Waals surface area contributed by atoms with Crippen molar-refractivity contribution in [3.05, 3.63) is 65.2 Å². The second kappa shape index (κ2) is 10.9. The molecule has 1 aliphatic carbocycles. The highest BCUT2D eigenvalue weighted by Crippen LogP contribution is 2.39. The molecule has 0 bridgehead atoms. The van der Waals surface area contributed by atoms with Gasteiger partial charge >= 0.3 is 6.18 Å². The number of amides is 2. The Kier molecular flexibility index (Phi) is 7.97. The minimum Gasteiger partial charge on any atom is -0.497 e. The number of hydrogen-bond acceptors (Lipinski definition) is 6. The SMILES string of the molecule is COc1ccc(C2=C(C(=O)NS(=O)(=O)C3CC3)C(=O)N[C@](C)(c3ccc(OCCCC(F)(F)F)cc3)C2)cc1. The Labute approximate surface area is 224 Å². The summed E-state index contributed by atoms with van der Waals surface area (Å²) >= 11 is 0. The molecular weight excluding hydrogens is 537 g/mol. The minimum absolute atomic E-state index is 0.0978. The number of alkyl halides is 3. The molecule has 0 unspecified atom stereocenters. The quantitative estimate of drug-likeness (QED) is 0.329. The molecule has 1 heterocycles. The predicted molar refractivity (Wildman–Crippen MR) is 137 cm³/mol. The first-order valence-corrected chi connectivity index (χ1v) is 13.9. The van der Waals surface area contributed by atoms with E-state index in [9.17, 15) is 31.2 Å². The third-order valence-corrected chi connectivity index (χ3v) is 8.50. The van der Waals surface area contributed by atoms with Crippen LogP contribution >= 0.6 is 0 Å². The third-order valence-electron chi connectivity index (χ3n) is 6.68. The lowest BCUT2D eigenvalue weighted by atomic mass is 9.78. The Bertz CT molecular complexity index is 1370. The van der Waals surface area contributed by atoms with Crippen LogP contribution in [-0.4, -0.2) is 45.4 Å². The molecule has 2 N–H and O–H groups in total. The zero-order valence-corrected chi connectivity index (χ0v) is 22.2. The number of carbonyl (C=O) groups is 2. The average molecular weight is 567 g/mol. The highest BCUT2D eigenvalue weighted by molar-refractivity contribution is 7.91. The van der Waals surface area contributed by atoms with Crippen molar-refractivity contribution in [3.8, 4) is 11.5 Å². The molecule has 4 rings (SSSR count). The highest BCUT2D eigenvalue weighted by atomic mass is 32.2. The first-order chi connectivity index (χ1) is 18.3. The normalized spacial score (nSPS) is 19.9. The zero-order chi connectivity index (χ0) is 28.4. The molecule has 1 fully saturated rings. The van der Waals surface area contributed by atoms with Gasteiger partial charge in [0, 0.05) is 12.8 Å². The Morgan fingerprint density at radius 3 is 2.26 bits per heavy atom. The number of rotatable bonds is 10. The Morgan fingerprint density at radius 1 is 1.08 bits per heavy atom. The molecule has 0 saturated heterocycles. The van der Waals surface area contributed by atoms with Gasteiger partial charge in [0.05, 0.1) is 24.5 Å². The highest BCUT2D eigenvalue weighted by Gasteiger charge is 2.43. The molecule has 1 aliphatic heterocycles. The van der Waals surface area contributed by atoms with Gasteiger partial charge in [-0.2, -0.15) is 13.2 Å². The number of benzene rings is 2. The van der Waals surface area contributed by atoms with E-state index in [1.807, 2.05) is 0 Å². The van der Waals surface area contributed by atoms with Crippen LogP contribution in [0.3, 0.4) is 0 Å². The first-order valence-electron chi connectivity index (χ1n) is 12.4. The summed E-state index contributed by atoms with van der Waals surface area (Å²) in [6.07, 6.45) is -4.28. The van der Waals surface area contributed by atoms with E-state index in [4.69, 9.17) is 9.47 Å². The van der Waals surface area contributed by atoms with Crippen molar-refractivity contribution in [2.45, 2.75) is 56.0 Å². The van der Waals surface area contributed by atoms with Gasteiger partial charge in [-0.1, -0.05) is 24.3 Å². The Balaban J connectivity index is 1.60. The molecule has 2 aromatic rings. The molecule has 1 saturated carbocycles. The lowest BCUT2D eigenvalue weighted by Crippen LogP contribution is -2.50. The van der Waals surface area contributed by atoms with Crippen LogP contribution in [0, 0.1) is 0 Å². The number of halogens is 3. The molecule has 1 atom stereocenters. The van der Waals surface area contributed by atoms with Crippen LogP contribution in [-0.2, 0) is 25.2 Å². The number of sulfonamides is 1. The van der Waals surface area contributed by atoms with E-state index in [1.54, 1.807) is 55.5 Å². The molecule has 8 nitrogen and oxygen atoms in total. The number of hydrogen-bond donors (Lipinski definition) is 2. The smallest absolute Gasteiger partial charge is 0.389 e. The lowest BCUT2D eigenvalue weighted by molar-refractivity contribution is -0.136. The van der Waals surface area contributed by atoms with E-state index in [0.717, 1.165) is 0 Å². The van der Waals surface area contributed by atoms with E-state index in [-0.39, 0.29) is 25.0 Å². The van der Waals surface area contributed by atoms with Crippen LogP contribution < -0.4 is 19.5 Å². The molecule has 2 aliphatic rings. The maximum absolute atomic E-state index is 13.4. The molecular formula is C27H29F3N2O6S. The number of carbonyl (C=O) groups excluding carboxylic acids is 2. The average Bonchev–Trinajstić information content (AvgIpc) is 3.72. The summed E-state index contributed by atoms with van der Waals surface area (Å²) in [4.78, 5) is 26.5. The second-order valence-corrected chi connectivity index (χ2v) is 11.8. The van der Waals surface area contributed by atoms with Gasteiger partial charge in [-0.3, -0.25) is 9.59 Å². The van der Waals surface area contributed by atoms with Gasteiger partial charge in [0.15, 0.2) is 0 Å². The summed E-state index contributed by atoms with van der Waals surface area (Å²) in [6, 6.07) is 13.3. The van der Waals surface area contributed by atoms with E-state index < -0.39 is 45.2 Å². The van der Waals surface area contributed by atoms with Crippen LogP contribution in [0.25, 0.3) is 5.57 Å². The Hall–Kier alpha value is -3.54. The molecule has 0 aromatic heterocycles. The van der Waals surface area contributed by atoms with Crippen molar-refractivity contribution >= 4 is 27.4 Å². The first kappa shape index (κ1) is 28.5. The van der Waals surface area contributed by atoms with Crippen molar-refractivity contribution in [1.29, 1.82) is 0 Å². The summed E-state index contributed by atoms with van der Waals surface area (Å²) < 4.78 is 74.6. The van der Waals surface area contributed by atoms with Crippen molar-refractivity contribution in [2.75, 3.05) is 13.7 Å². The summed E-state index contributed by atoms with van der Waals surface area (Å²) in [6.45, 7) is 1.67. The fourth-order valence-corrected chi connectivity index (χ4v) is 5.70. The summed E-state index contributed by atoms with van der Waals surface area (Å²) in [5.74, 6) is -0.779. The third kappa shape index (κ3) is 6.92. The standard InChI is InChI=1S/C27H29F3N2O6S/c1-26(18-6-10-20(11-7-18)38-15-3-14-27(28,29)30)16-22(17-4-8-19(37-2)9-5-17)23(24(33)31-26)25(34)32-39(35,36)21-12-13-21/h4-11,21H,3,12-16H2,1-2H3,(H,31,33)(H,32,34)/t26-/m0/s1.